The highest BCUT2D eigenvalue weighted by Crippen LogP contribution is 1.92. The number of aliphatic imine (C=N–C) groups is 1. The second-order valence-corrected chi connectivity index (χ2v) is 4.74. The molecule has 0 saturated heterocycles. The van der Waals surface area contributed by atoms with E-state index < -0.39 is 0 Å². The molecule has 20 heavy (non-hydrogen) atoms. The van der Waals surface area contributed by atoms with Gasteiger partial charge in [0.2, 0.25) is 5.56 Å². The molecule has 0 aliphatic rings. The van der Waals surface area contributed by atoms with E-state index in [1.807, 2.05) is 12.3 Å². The fourth-order valence-corrected chi connectivity index (χ4v) is 1.73. The zero-order valence-electron chi connectivity index (χ0n) is 12.4. The van der Waals surface area contributed by atoms with E-state index in [-0.39, 0.29) is 29.5 Å². The van der Waals surface area contributed by atoms with Crippen LogP contribution < -0.4 is 16.2 Å². The molecule has 0 atom stereocenters. The fourth-order valence-electron chi connectivity index (χ4n) is 1.73. The van der Waals surface area contributed by atoms with Crippen molar-refractivity contribution in [2.75, 3.05) is 13.6 Å². The number of hydrogen-bond acceptors (Lipinski definition) is 2. The zero-order chi connectivity index (χ0) is 14.1. The molecule has 6 heteroatoms. The van der Waals surface area contributed by atoms with Crippen LogP contribution in [0.1, 0.15) is 26.7 Å². The van der Waals surface area contributed by atoms with Gasteiger partial charge in [0, 0.05) is 38.4 Å². The molecule has 0 aliphatic heterocycles. The Morgan fingerprint density at radius 3 is 2.70 bits per heavy atom. The molecule has 0 bridgehead atoms. The van der Waals surface area contributed by atoms with Crippen molar-refractivity contribution in [3.8, 4) is 0 Å². The third-order valence-corrected chi connectivity index (χ3v) is 2.67. The molecule has 0 saturated carbocycles. The summed E-state index contributed by atoms with van der Waals surface area (Å²) in [6.45, 7) is 5.77. The molecule has 0 radical (unpaired) electrons. The number of guanidine groups is 1. The van der Waals surface area contributed by atoms with E-state index in [0.717, 1.165) is 31.9 Å². The van der Waals surface area contributed by atoms with Gasteiger partial charge in [-0.05, 0) is 32.8 Å². The van der Waals surface area contributed by atoms with E-state index in [1.54, 1.807) is 23.7 Å². The lowest BCUT2D eigenvalue weighted by Gasteiger charge is -2.14. The van der Waals surface area contributed by atoms with Crippen LogP contribution in [-0.2, 0) is 6.54 Å². The normalized spacial score (nSPS) is 11.1. The molecule has 1 heterocycles. The molecule has 0 fully saturated rings. The van der Waals surface area contributed by atoms with Gasteiger partial charge in [-0.2, -0.15) is 0 Å². The first-order chi connectivity index (χ1) is 9.13. The summed E-state index contributed by atoms with van der Waals surface area (Å²) in [4.78, 5) is 15.6. The number of aryl methyl sites for hydroxylation is 1. The second-order valence-electron chi connectivity index (χ2n) is 4.74. The van der Waals surface area contributed by atoms with Crippen molar-refractivity contribution in [3.63, 3.8) is 0 Å². The van der Waals surface area contributed by atoms with Crippen LogP contribution in [0.25, 0.3) is 0 Å². The van der Waals surface area contributed by atoms with Crippen LogP contribution in [0.4, 0.5) is 0 Å². The predicted octanol–water partition coefficient (Wildman–Crippen LogP) is 1.82. The maximum atomic E-state index is 11.5. The van der Waals surface area contributed by atoms with Crippen LogP contribution in [0.15, 0.2) is 34.2 Å². The van der Waals surface area contributed by atoms with Crippen molar-refractivity contribution in [2.45, 2.75) is 39.3 Å². The molecule has 0 aliphatic carbocycles. The lowest BCUT2D eigenvalue weighted by molar-refractivity contribution is 0.583. The van der Waals surface area contributed by atoms with Crippen LogP contribution in [0, 0.1) is 0 Å². The van der Waals surface area contributed by atoms with Gasteiger partial charge >= 0.3 is 0 Å². The minimum Gasteiger partial charge on any atom is -0.356 e. The Bertz CT molecular complexity index is 456. The molecule has 0 amide bonds. The van der Waals surface area contributed by atoms with Crippen LogP contribution in [0.2, 0.25) is 0 Å². The summed E-state index contributed by atoms with van der Waals surface area (Å²) in [6, 6.07) is 5.61. The van der Waals surface area contributed by atoms with E-state index >= 15 is 0 Å². The zero-order valence-corrected chi connectivity index (χ0v) is 14.8. The molecule has 1 aromatic heterocycles. The Morgan fingerprint density at radius 1 is 1.35 bits per heavy atom. The summed E-state index contributed by atoms with van der Waals surface area (Å²) in [5.41, 5.74) is 0.0627. The Labute approximate surface area is 137 Å². The van der Waals surface area contributed by atoms with Gasteiger partial charge < -0.3 is 15.2 Å². The Hall–Kier alpha value is -1.05. The summed E-state index contributed by atoms with van der Waals surface area (Å²) in [6.07, 6.45) is 3.80. The van der Waals surface area contributed by atoms with Gasteiger partial charge in [0.15, 0.2) is 5.96 Å². The minimum atomic E-state index is 0. The van der Waals surface area contributed by atoms with Gasteiger partial charge in [-0.15, -0.1) is 24.0 Å². The van der Waals surface area contributed by atoms with Crippen LogP contribution in [-0.4, -0.2) is 30.2 Å². The summed E-state index contributed by atoms with van der Waals surface area (Å²) in [5.74, 6) is 0.826. The van der Waals surface area contributed by atoms with Gasteiger partial charge in [-0.1, -0.05) is 6.07 Å². The first-order valence-corrected chi connectivity index (χ1v) is 6.76. The maximum absolute atomic E-state index is 11.5. The molecular weight excluding hydrogens is 367 g/mol. The number of nitrogens with zero attached hydrogens (tertiary/aromatic N) is 2. The van der Waals surface area contributed by atoms with Crippen LogP contribution in [0.3, 0.4) is 0 Å². The maximum Gasteiger partial charge on any atom is 0.250 e. The molecule has 0 aromatic carbocycles. The lowest BCUT2D eigenvalue weighted by Crippen LogP contribution is -2.41. The van der Waals surface area contributed by atoms with Crippen molar-refractivity contribution in [1.29, 1.82) is 0 Å². The van der Waals surface area contributed by atoms with Gasteiger partial charge in [-0.25, -0.2) is 0 Å². The van der Waals surface area contributed by atoms with E-state index in [4.69, 9.17) is 0 Å². The number of halogens is 1. The quantitative estimate of drug-likeness (QED) is 0.336. The molecule has 1 rings (SSSR count). The molecule has 1 aromatic rings. The number of unbranched alkanes of at least 4 members (excludes halogenated alkanes) is 1. The number of hydrogen-bond donors (Lipinski definition) is 2. The number of pyridine rings is 1. The second kappa shape index (κ2) is 10.7. The van der Waals surface area contributed by atoms with E-state index in [1.165, 1.54) is 0 Å². The van der Waals surface area contributed by atoms with Crippen molar-refractivity contribution in [1.82, 2.24) is 15.2 Å². The van der Waals surface area contributed by atoms with Crippen LogP contribution >= 0.6 is 24.0 Å². The highest BCUT2D eigenvalue weighted by molar-refractivity contribution is 14.0. The number of aromatic nitrogens is 1. The van der Waals surface area contributed by atoms with Crippen molar-refractivity contribution >= 4 is 29.9 Å². The fraction of sp³-hybridized carbons (Fsp3) is 0.571. The van der Waals surface area contributed by atoms with Crippen molar-refractivity contribution < 1.29 is 0 Å². The first-order valence-electron chi connectivity index (χ1n) is 6.76. The lowest BCUT2D eigenvalue weighted by atomic mass is 10.3. The first kappa shape index (κ1) is 18.9. The summed E-state index contributed by atoms with van der Waals surface area (Å²) >= 11 is 0. The highest BCUT2D eigenvalue weighted by Gasteiger charge is 1.99. The van der Waals surface area contributed by atoms with Gasteiger partial charge in [-0.3, -0.25) is 9.79 Å². The molecule has 0 spiro atoms. The van der Waals surface area contributed by atoms with Crippen molar-refractivity contribution in [2.24, 2.45) is 4.99 Å². The topological polar surface area (TPSA) is 58.4 Å². The molecule has 5 nitrogen and oxygen atoms in total. The smallest absolute Gasteiger partial charge is 0.250 e. The number of nitrogens with one attached hydrogen (secondary N) is 2. The summed E-state index contributed by atoms with van der Waals surface area (Å²) in [5, 5.41) is 6.48. The average molecular weight is 392 g/mol. The predicted molar refractivity (Wildman–Crippen MR) is 95.0 cm³/mol. The highest BCUT2D eigenvalue weighted by atomic mass is 127. The van der Waals surface area contributed by atoms with E-state index in [9.17, 15) is 4.79 Å². The standard InChI is InChI=1S/C14H24N4O.HI/c1-12(2)17-14(15-3)16-9-5-7-11-18-10-6-4-8-13(18)19;/h4,6,8,10,12H,5,7,9,11H2,1-3H3,(H2,15,16,17);1H. The van der Waals surface area contributed by atoms with Gasteiger partial charge in [0.05, 0.1) is 0 Å². The minimum absolute atomic E-state index is 0. The average Bonchev–Trinajstić information content (AvgIpc) is 2.38. The van der Waals surface area contributed by atoms with Gasteiger partial charge in [0.1, 0.15) is 0 Å². The Morgan fingerprint density at radius 2 is 2.10 bits per heavy atom. The Kier molecular flexibility index (Phi) is 10.1. The SMILES string of the molecule is CN=C(NCCCCn1ccccc1=O)NC(C)C.I. The van der Waals surface area contributed by atoms with E-state index in [2.05, 4.69) is 29.5 Å². The molecule has 114 valence electrons. The molecule has 0 unspecified atom stereocenters. The monoisotopic (exact) mass is 392 g/mol. The Balaban J connectivity index is 0.00000361. The molecular formula is C14H25IN4O. The molecule has 2 N–H and O–H groups in total. The summed E-state index contributed by atoms with van der Waals surface area (Å²) in [7, 11) is 1.77. The third kappa shape index (κ3) is 7.52. The van der Waals surface area contributed by atoms with Crippen molar-refractivity contribution in [3.05, 3.63) is 34.7 Å². The summed E-state index contributed by atoms with van der Waals surface area (Å²) < 4.78 is 1.74. The van der Waals surface area contributed by atoms with Gasteiger partial charge in [0.25, 0.3) is 0 Å². The third-order valence-electron chi connectivity index (χ3n) is 2.67. The van der Waals surface area contributed by atoms with Crippen LogP contribution in [0.5, 0.6) is 0 Å². The largest absolute Gasteiger partial charge is 0.356 e. The van der Waals surface area contributed by atoms with E-state index in [0.29, 0.717) is 6.04 Å². The number of rotatable bonds is 6.